The largest absolute Gasteiger partial charge is 0.472 e. The molecule has 116 valence electrons. The van der Waals surface area contributed by atoms with Gasteiger partial charge >= 0.3 is 6.18 Å². The quantitative estimate of drug-likeness (QED) is 0.917. The summed E-state index contributed by atoms with van der Waals surface area (Å²) in [7, 11) is 0. The van der Waals surface area contributed by atoms with Gasteiger partial charge < -0.3 is 15.4 Å². The molecule has 1 aliphatic heterocycles. The van der Waals surface area contributed by atoms with E-state index in [4.69, 9.17) is 10.5 Å². The number of nitrogens with two attached hydrogens (primary N) is 1. The van der Waals surface area contributed by atoms with Crippen LogP contribution in [0.3, 0.4) is 0 Å². The standard InChI is InChI=1S/C13H16F3N3O2/c1-8(17)12(20)19-5-4-10(7-19)21-11-3-2-9(6-18-11)13(14,15)16/h2-3,6,8,10H,4-5,7,17H2,1H3/t8-,10-/m0/s1. The molecule has 21 heavy (non-hydrogen) atoms. The van der Waals surface area contributed by atoms with Crippen molar-refractivity contribution < 1.29 is 22.7 Å². The minimum absolute atomic E-state index is 0.114. The van der Waals surface area contributed by atoms with Crippen LogP contribution in [0.25, 0.3) is 0 Å². The van der Waals surface area contributed by atoms with Crippen LogP contribution in [0.4, 0.5) is 13.2 Å². The molecule has 1 fully saturated rings. The lowest BCUT2D eigenvalue weighted by atomic mass is 10.3. The van der Waals surface area contributed by atoms with E-state index < -0.39 is 17.8 Å². The fraction of sp³-hybridized carbons (Fsp3) is 0.538. The SMILES string of the molecule is C[C@H](N)C(=O)N1CC[C@H](Oc2ccc(C(F)(F)F)cn2)C1. The lowest BCUT2D eigenvalue weighted by Crippen LogP contribution is -2.41. The molecule has 1 amide bonds. The number of rotatable bonds is 3. The summed E-state index contributed by atoms with van der Waals surface area (Å²) in [4.78, 5) is 16.9. The van der Waals surface area contributed by atoms with Gasteiger partial charge in [0.1, 0.15) is 6.10 Å². The predicted octanol–water partition coefficient (Wildman–Crippen LogP) is 1.43. The van der Waals surface area contributed by atoms with Crippen LogP contribution in [0.5, 0.6) is 5.88 Å². The van der Waals surface area contributed by atoms with E-state index in [9.17, 15) is 18.0 Å². The first-order valence-electron chi connectivity index (χ1n) is 6.51. The summed E-state index contributed by atoms with van der Waals surface area (Å²) in [6.07, 6.45) is -3.37. The van der Waals surface area contributed by atoms with Crippen molar-refractivity contribution in [3.05, 3.63) is 23.9 Å². The molecule has 1 aliphatic rings. The van der Waals surface area contributed by atoms with E-state index in [-0.39, 0.29) is 17.9 Å². The average Bonchev–Trinajstić information content (AvgIpc) is 2.85. The van der Waals surface area contributed by atoms with Crippen LogP contribution in [-0.4, -0.2) is 41.0 Å². The number of alkyl halides is 3. The van der Waals surface area contributed by atoms with E-state index in [1.54, 1.807) is 11.8 Å². The number of ether oxygens (including phenoxy) is 1. The Morgan fingerprint density at radius 1 is 1.52 bits per heavy atom. The molecular weight excluding hydrogens is 287 g/mol. The van der Waals surface area contributed by atoms with Gasteiger partial charge in [0, 0.05) is 25.2 Å². The molecule has 1 saturated heterocycles. The van der Waals surface area contributed by atoms with Crippen LogP contribution in [0.2, 0.25) is 0 Å². The molecule has 0 unspecified atom stereocenters. The lowest BCUT2D eigenvalue weighted by molar-refractivity contribution is -0.138. The van der Waals surface area contributed by atoms with Gasteiger partial charge in [0.2, 0.25) is 11.8 Å². The van der Waals surface area contributed by atoms with Crippen LogP contribution in [0.15, 0.2) is 18.3 Å². The Hall–Kier alpha value is -1.83. The van der Waals surface area contributed by atoms with Gasteiger partial charge in [-0.1, -0.05) is 0 Å². The highest BCUT2D eigenvalue weighted by Crippen LogP contribution is 2.29. The number of halogens is 3. The number of carbonyl (C=O) groups is 1. The third-order valence-corrected chi connectivity index (χ3v) is 3.20. The Bertz CT molecular complexity index is 502. The number of carbonyl (C=O) groups excluding carboxylic acids is 1. The average molecular weight is 303 g/mol. The van der Waals surface area contributed by atoms with Gasteiger partial charge in [-0.2, -0.15) is 13.2 Å². The summed E-state index contributed by atoms with van der Waals surface area (Å²) in [5.41, 5.74) is 4.70. The maximum atomic E-state index is 12.4. The second kappa shape index (κ2) is 5.88. The van der Waals surface area contributed by atoms with E-state index in [1.807, 2.05) is 0 Å². The predicted molar refractivity (Wildman–Crippen MR) is 68.5 cm³/mol. The first-order valence-corrected chi connectivity index (χ1v) is 6.51. The maximum Gasteiger partial charge on any atom is 0.417 e. The topological polar surface area (TPSA) is 68.5 Å². The molecule has 2 N–H and O–H groups in total. The van der Waals surface area contributed by atoms with Crippen LogP contribution >= 0.6 is 0 Å². The van der Waals surface area contributed by atoms with Crippen molar-refractivity contribution in [1.29, 1.82) is 0 Å². The van der Waals surface area contributed by atoms with Crippen LogP contribution < -0.4 is 10.5 Å². The third-order valence-electron chi connectivity index (χ3n) is 3.20. The molecular formula is C13H16F3N3O2. The van der Waals surface area contributed by atoms with Gasteiger partial charge in [-0.25, -0.2) is 4.98 Å². The Morgan fingerprint density at radius 3 is 2.76 bits per heavy atom. The van der Waals surface area contributed by atoms with Crippen molar-refractivity contribution in [3.8, 4) is 5.88 Å². The minimum Gasteiger partial charge on any atom is -0.472 e. The molecule has 1 aromatic rings. The minimum atomic E-state index is -4.42. The zero-order valence-corrected chi connectivity index (χ0v) is 11.4. The van der Waals surface area contributed by atoms with E-state index in [2.05, 4.69) is 4.98 Å². The molecule has 1 aromatic heterocycles. The Labute approximate surface area is 119 Å². The van der Waals surface area contributed by atoms with Crippen molar-refractivity contribution in [1.82, 2.24) is 9.88 Å². The second-order valence-electron chi connectivity index (χ2n) is 4.98. The zero-order valence-electron chi connectivity index (χ0n) is 11.4. The monoisotopic (exact) mass is 303 g/mol. The molecule has 2 rings (SSSR count). The van der Waals surface area contributed by atoms with Crippen molar-refractivity contribution in [2.24, 2.45) is 5.73 Å². The van der Waals surface area contributed by atoms with E-state index in [0.717, 1.165) is 12.3 Å². The van der Waals surface area contributed by atoms with Crippen molar-refractivity contribution in [2.45, 2.75) is 31.7 Å². The molecule has 0 bridgehead atoms. The molecule has 2 atom stereocenters. The summed E-state index contributed by atoms with van der Waals surface area (Å²) in [6, 6.07) is 1.52. The molecule has 0 spiro atoms. The van der Waals surface area contributed by atoms with Crippen molar-refractivity contribution >= 4 is 5.91 Å². The third kappa shape index (κ3) is 3.84. The van der Waals surface area contributed by atoms with E-state index in [0.29, 0.717) is 19.5 Å². The van der Waals surface area contributed by atoms with Gasteiger partial charge in [0.15, 0.2) is 0 Å². The molecule has 2 heterocycles. The van der Waals surface area contributed by atoms with E-state index >= 15 is 0 Å². The molecule has 0 aromatic carbocycles. The number of aromatic nitrogens is 1. The Kier molecular flexibility index (Phi) is 4.36. The van der Waals surface area contributed by atoms with Gasteiger partial charge in [-0.05, 0) is 13.0 Å². The fourth-order valence-corrected chi connectivity index (χ4v) is 2.10. The molecule has 0 aliphatic carbocycles. The van der Waals surface area contributed by atoms with Crippen LogP contribution in [0, 0.1) is 0 Å². The van der Waals surface area contributed by atoms with Gasteiger partial charge in [-0.3, -0.25) is 4.79 Å². The van der Waals surface area contributed by atoms with Gasteiger partial charge in [0.25, 0.3) is 0 Å². The van der Waals surface area contributed by atoms with Crippen molar-refractivity contribution in [3.63, 3.8) is 0 Å². The molecule has 8 heteroatoms. The van der Waals surface area contributed by atoms with Gasteiger partial charge in [-0.15, -0.1) is 0 Å². The molecule has 0 saturated carbocycles. The smallest absolute Gasteiger partial charge is 0.417 e. The highest BCUT2D eigenvalue weighted by atomic mass is 19.4. The number of hydrogen-bond acceptors (Lipinski definition) is 4. The summed E-state index contributed by atoms with van der Waals surface area (Å²) >= 11 is 0. The summed E-state index contributed by atoms with van der Waals surface area (Å²) in [5.74, 6) is -0.0513. The highest BCUT2D eigenvalue weighted by Gasteiger charge is 2.32. The van der Waals surface area contributed by atoms with Crippen LogP contribution in [-0.2, 0) is 11.0 Å². The van der Waals surface area contributed by atoms with E-state index in [1.165, 1.54) is 6.07 Å². The number of nitrogens with zero attached hydrogens (tertiary/aromatic N) is 2. The summed E-state index contributed by atoms with van der Waals surface area (Å²) in [6.45, 7) is 2.49. The van der Waals surface area contributed by atoms with Crippen LogP contribution in [0.1, 0.15) is 18.9 Å². The molecule has 5 nitrogen and oxygen atoms in total. The number of amides is 1. The fourth-order valence-electron chi connectivity index (χ4n) is 2.10. The summed E-state index contributed by atoms with van der Waals surface area (Å²) in [5, 5.41) is 0. The first kappa shape index (κ1) is 15.6. The summed E-state index contributed by atoms with van der Waals surface area (Å²) < 4.78 is 42.7. The second-order valence-corrected chi connectivity index (χ2v) is 4.98. The number of hydrogen-bond donors (Lipinski definition) is 1. The first-order chi connectivity index (χ1) is 9.77. The lowest BCUT2D eigenvalue weighted by Gasteiger charge is -2.18. The number of likely N-dealkylation sites (tertiary alicyclic amines) is 1. The maximum absolute atomic E-state index is 12.4. The highest BCUT2D eigenvalue weighted by molar-refractivity contribution is 5.81. The molecule has 0 radical (unpaired) electrons. The zero-order chi connectivity index (χ0) is 15.6. The van der Waals surface area contributed by atoms with Gasteiger partial charge in [0.05, 0.1) is 18.2 Å². The number of pyridine rings is 1. The normalized spacial score (nSPS) is 20.4. The Morgan fingerprint density at radius 2 is 2.24 bits per heavy atom. The Balaban J connectivity index is 1.93. The van der Waals surface area contributed by atoms with Crippen molar-refractivity contribution in [2.75, 3.05) is 13.1 Å².